The van der Waals surface area contributed by atoms with Crippen LogP contribution in [0, 0.1) is 11.3 Å². The molecular formula is C24H20N4O3S. The van der Waals surface area contributed by atoms with Crippen molar-refractivity contribution in [3.63, 3.8) is 0 Å². The van der Waals surface area contributed by atoms with Crippen LogP contribution in [0.5, 0.6) is 0 Å². The summed E-state index contributed by atoms with van der Waals surface area (Å²) in [6.07, 6.45) is 0. The van der Waals surface area contributed by atoms with E-state index in [1.54, 1.807) is 28.9 Å². The number of carbonyl (C=O) groups excluding carboxylic acids is 2. The first-order chi connectivity index (χ1) is 15.5. The Kier molecular flexibility index (Phi) is 4.53. The lowest BCUT2D eigenvalue weighted by molar-refractivity contribution is -0.140. The summed E-state index contributed by atoms with van der Waals surface area (Å²) in [5.41, 5.74) is 7.18. The highest BCUT2D eigenvalue weighted by Gasteiger charge is 2.63. The number of nitrogens with zero attached hydrogens (tertiary/aromatic N) is 3. The molecule has 2 aromatic rings. The number of thioether (sulfide) groups is 1. The number of para-hydroxylation sites is 2. The minimum Gasteiger partial charge on any atom is -0.462 e. The van der Waals surface area contributed by atoms with Gasteiger partial charge in [-0.3, -0.25) is 9.69 Å². The van der Waals surface area contributed by atoms with Gasteiger partial charge < -0.3 is 15.4 Å². The van der Waals surface area contributed by atoms with Crippen LogP contribution >= 0.6 is 11.8 Å². The summed E-state index contributed by atoms with van der Waals surface area (Å²) < 4.78 is 5.39. The lowest BCUT2D eigenvalue weighted by atomic mass is 9.68. The van der Waals surface area contributed by atoms with Gasteiger partial charge in [0.05, 0.1) is 23.9 Å². The van der Waals surface area contributed by atoms with Gasteiger partial charge in [0.2, 0.25) is 5.91 Å². The van der Waals surface area contributed by atoms with Gasteiger partial charge in [-0.05, 0) is 32.0 Å². The highest BCUT2D eigenvalue weighted by atomic mass is 32.2. The van der Waals surface area contributed by atoms with Crippen molar-refractivity contribution in [3.05, 3.63) is 76.1 Å². The van der Waals surface area contributed by atoms with Crippen LogP contribution in [-0.2, 0) is 19.7 Å². The molecule has 1 amide bonds. The summed E-state index contributed by atoms with van der Waals surface area (Å²) in [6, 6.07) is 17.1. The molecule has 0 fully saturated rings. The van der Waals surface area contributed by atoms with Gasteiger partial charge in [-0.2, -0.15) is 5.26 Å². The molecule has 8 heteroatoms. The third-order valence-corrected chi connectivity index (χ3v) is 7.19. The Morgan fingerprint density at radius 1 is 1.16 bits per heavy atom. The number of nitriles is 1. The average Bonchev–Trinajstić information content (AvgIpc) is 3.29. The molecule has 3 aliphatic rings. The zero-order valence-corrected chi connectivity index (χ0v) is 18.4. The first kappa shape index (κ1) is 20.2. The van der Waals surface area contributed by atoms with Gasteiger partial charge in [0, 0.05) is 22.7 Å². The van der Waals surface area contributed by atoms with Crippen LogP contribution in [0.1, 0.15) is 19.4 Å². The van der Waals surface area contributed by atoms with E-state index in [1.807, 2.05) is 43.3 Å². The molecule has 0 radical (unpaired) electrons. The van der Waals surface area contributed by atoms with Crippen LogP contribution in [0.3, 0.4) is 0 Å². The smallest absolute Gasteiger partial charge is 0.339 e. The Morgan fingerprint density at radius 2 is 1.84 bits per heavy atom. The molecule has 0 aromatic heterocycles. The fraction of sp³-hybridized carbons (Fsp3) is 0.208. The second-order valence-electron chi connectivity index (χ2n) is 7.49. The topological polar surface area (TPSA) is 99.7 Å². The quantitative estimate of drug-likeness (QED) is 0.725. The molecule has 3 aliphatic heterocycles. The minimum absolute atomic E-state index is 0.00893. The number of nitrogens with two attached hydrogens (primary N) is 1. The number of carbonyl (C=O) groups is 2. The van der Waals surface area contributed by atoms with Gasteiger partial charge in [0.25, 0.3) is 0 Å². The van der Waals surface area contributed by atoms with E-state index in [2.05, 4.69) is 6.07 Å². The van der Waals surface area contributed by atoms with Gasteiger partial charge >= 0.3 is 5.97 Å². The Balaban J connectivity index is 1.91. The number of benzene rings is 2. The summed E-state index contributed by atoms with van der Waals surface area (Å²) >= 11 is 1.38. The molecule has 1 atom stereocenters. The van der Waals surface area contributed by atoms with E-state index in [-0.39, 0.29) is 29.5 Å². The van der Waals surface area contributed by atoms with Gasteiger partial charge in [0.15, 0.2) is 0 Å². The van der Waals surface area contributed by atoms with Crippen molar-refractivity contribution in [1.82, 2.24) is 0 Å². The zero-order chi connectivity index (χ0) is 22.6. The Morgan fingerprint density at radius 3 is 2.53 bits per heavy atom. The fourth-order valence-corrected chi connectivity index (χ4v) is 6.03. The lowest BCUT2D eigenvalue weighted by Crippen LogP contribution is -2.51. The molecule has 0 bridgehead atoms. The highest BCUT2D eigenvalue weighted by molar-refractivity contribution is 8.03. The molecule has 0 saturated carbocycles. The van der Waals surface area contributed by atoms with E-state index in [0.29, 0.717) is 22.8 Å². The summed E-state index contributed by atoms with van der Waals surface area (Å²) in [5.74, 6) is -0.962. The average molecular weight is 445 g/mol. The fourth-order valence-electron chi connectivity index (χ4n) is 4.82. The van der Waals surface area contributed by atoms with E-state index in [1.165, 1.54) is 11.8 Å². The minimum atomic E-state index is -1.65. The van der Waals surface area contributed by atoms with Crippen molar-refractivity contribution >= 4 is 35.0 Å². The molecule has 1 unspecified atom stereocenters. The molecule has 2 aromatic carbocycles. The largest absolute Gasteiger partial charge is 0.462 e. The lowest BCUT2D eigenvalue weighted by Gasteiger charge is -2.38. The number of esters is 1. The van der Waals surface area contributed by atoms with Crippen molar-refractivity contribution in [2.45, 2.75) is 24.2 Å². The summed E-state index contributed by atoms with van der Waals surface area (Å²) in [6.45, 7) is 4.06. The number of anilines is 2. The van der Waals surface area contributed by atoms with Crippen molar-refractivity contribution in [3.8, 4) is 6.07 Å². The molecule has 160 valence electrons. The van der Waals surface area contributed by atoms with Crippen molar-refractivity contribution in [1.29, 1.82) is 5.26 Å². The van der Waals surface area contributed by atoms with Gasteiger partial charge in [-0.1, -0.05) is 42.1 Å². The third kappa shape index (κ3) is 2.31. The van der Waals surface area contributed by atoms with Crippen LogP contribution < -0.4 is 15.5 Å². The van der Waals surface area contributed by atoms with Crippen LogP contribution in [0.25, 0.3) is 0 Å². The van der Waals surface area contributed by atoms with E-state index in [4.69, 9.17) is 10.5 Å². The van der Waals surface area contributed by atoms with Crippen LogP contribution in [0.15, 0.2) is 75.4 Å². The van der Waals surface area contributed by atoms with Crippen LogP contribution in [0.4, 0.5) is 11.4 Å². The second-order valence-corrected chi connectivity index (χ2v) is 8.53. The Bertz CT molecular complexity index is 1290. The maximum absolute atomic E-state index is 14.1. The van der Waals surface area contributed by atoms with Gasteiger partial charge in [-0.25, -0.2) is 4.79 Å². The predicted octanol–water partition coefficient (Wildman–Crippen LogP) is 3.39. The number of rotatable bonds is 3. The number of hydrogen-bond acceptors (Lipinski definition) is 7. The second kappa shape index (κ2) is 7.18. The monoisotopic (exact) mass is 444 g/mol. The number of amides is 1. The normalized spacial score (nSPS) is 21.0. The number of likely N-dealkylation sites (N-methyl/N-ethyl adjacent to an activating group) is 1. The molecule has 2 N–H and O–H groups in total. The number of hydrogen-bond donors (Lipinski definition) is 1. The molecule has 7 nitrogen and oxygen atoms in total. The third-order valence-electron chi connectivity index (χ3n) is 6.05. The highest BCUT2D eigenvalue weighted by Crippen LogP contribution is 2.60. The SMILES string of the molecule is CCOC(=O)C1=C(N)N2C(=C(C#N)C13C(=O)N(CC)c1ccccc13)Sc1ccccc12. The summed E-state index contributed by atoms with van der Waals surface area (Å²) in [4.78, 5) is 31.7. The van der Waals surface area contributed by atoms with Crippen LogP contribution in [0.2, 0.25) is 0 Å². The summed E-state index contributed by atoms with van der Waals surface area (Å²) in [5, 5.41) is 11.0. The first-order valence-electron chi connectivity index (χ1n) is 10.3. The van der Waals surface area contributed by atoms with Crippen molar-refractivity contribution in [2.75, 3.05) is 23.0 Å². The first-order valence-corrected chi connectivity index (χ1v) is 11.1. The molecule has 32 heavy (non-hydrogen) atoms. The maximum Gasteiger partial charge on any atom is 0.339 e. The van der Waals surface area contributed by atoms with E-state index in [0.717, 1.165) is 10.6 Å². The van der Waals surface area contributed by atoms with Crippen LogP contribution in [-0.4, -0.2) is 25.0 Å². The standard InChI is InChI=1S/C24H20N4O3S/c1-3-27-16-10-6-5-9-14(16)24(23(27)30)15(13-25)21-28(17-11-7-8-12-18(17)32-21)20(26)19(24)22(29)31-4-2/h5-12H,3-4,26H2,1-2H3. The predicted molar refractivity (Wildman–Crippen MR) is 121 cm³/mol. The molecule has 0 aliphatic carbocycles. The molecule has 3 heterocycles. The molecular weight excluding hydrogens is 424 g/mol. The molecule has 1 spiro atoms. The Hall–Kier alpha value is -3.70. The van der Waals surface area contributed by atoms with Crippen molar-refractivity contribution in [2.24, 2.45) is 5.73 Å². The van der Waals surface area contributed by atoms with Gasteiger partial charge in [0.1, 0.15) is 21.8 Å². The maximum atomic E-state index is 14.1. The zero-order valence-electron chi connectivity index (χ0n) is 17.6. The van der Waals surface area contributed by atoms with E-state index < -0.39 is 11.4 Å². The van der Waals surface area contributed by atoms with Gasteiger partial charge in [-0.15, -0.1) is 0 Å². The summed E-state index contributed by atoms with van der Waals surface area (Å²) in [7, 11) is 0. The van der Waals surface area contributed by atoms with Crippen molar-refractivity contribution < 1.29 is 14.3 Å². The van der Waals surface area contributed by atoms with E-state index >= 15 is 0 Å². The molecule has 0 saturated heterocycles. The number of ether oxygens (including phenoxy) is 1. The Labute approximate surface area is 189 Å². The van der Waals surface area contributed by atoms with E-state index in [9.17, 15) is 14.9 Å². The molecule has 5 rings (SSSR count). The number of fused-ring (bicyclic) bond motifs is 5.